The molecule has 0 radical (unpaired) electrons. The molecule has 0 aliphatic heterocycles. The molecular formula is C28H30N2O3. The highest BCUT2D eigenvalue weighted by molar-refractivity contribution is 5.75. The van der Waals surface area contributed by atoms with Gasteiger partial charge in [0.2, 0.25) is 0 Å². The van der Waals surface area contributed by atoms with Crippen LogP contribution in [0.1, 0.15) is 29.4 Å². The quantitative estimate of drug-likeness (QED) is 0.303. The zero-order chi connectivity index (χ0) is 23.2. The third kappa shape index (κ3) is 5.20. The Labute approximate surface area is 195 Å². The number of para-hydroxylation sites is 2. The van der Waals surface area contributed by atoms with Gasteiger partial charge in [0.15, 0.2) is 11.5 Å². The second-order valence-electron chi connectivity index (χ2n) is 7.98. The van der Waals surface area contributed by atoms with E-state index in [9.17, 15) is 0 Å². The van der Waals surface area contributed by atoms with Gasteiger partial charge >= 0.3 is 0 Å². The van der Waals surface area contributed by atoms with Crippen LogP contribution in [0.25, 0.3) is 17.1 Å². The van der Waals surface area contributed by atoms with E-state index < -0.39 is 0 Å². The number of methoxy groups -OCH3 is 1. The van der Waals surface area contributed by atoms with Crippen LogP contribution in [0.15, 0.2) is 66.7 Å². The van der Waals surface area contributed by atoms with E-state index >= 15 is 0 Å². The van der Waals surface area contributed by atoms with E-state index in [4.69, 9.17) is 19.2 Å². The smallest absolute Gasteiger partial charge is 0.161 e. The fourth-order valence-electron chi connectivity index (χ4n) is 3.84. The Morgan fingerprint density at radius 2 is 1.76 bits per heavy atom. The highest BCUT2D eigenvalue weighted by Crippen LogP contribution is 2.30. The Balaban J connectivity index is 1.53. The van der Waals surface area contributed by atoms with Crippen molar-refractivity contribution in [1.82, 2.24) is 9.55 Å². The molecule has 1 aromatic heterocycles. The van der Waals surface area contributed by atoms with Crippen LogP contribution in [-0.4, -0.2) is 23.3 Å². The molecule has 170 valence electrons. The lowest BCUT2D eigenvalue weighted by atomic mass is 10.1. The normalized spacial score (nSPS) is 11.3. The van der Waals surface area contributed by atoms with Gasteiger partial charge in [-0.15, -0.1) is 0 Å². The van der Waals surface area contributed by atoms with Crippen molar-refractivity contribution in [2.75, 3.05) is 13.7 Å². The van der Waals surface area contributed by atoms with Crippen LogP contribution in [0.5, 0.6) is 17.2 Å². The van der Waals surface area contributed by atoms with Crippen molar-refractivity contribution in [2.24, 2.45) is 0 Å². The minimum Gasteiger partial charge on any atom is -0.493 e. The van der Waals surface area contributed by atoms with Gasteiger partial charge in [-0.3, -0.25) is 0 Å². The molecule has 3 aromatic carbocycles. The number of imidazole rings is 1. The number of ether oxygens (including phenoxy) is 3. The molecule has 0 atom stereocenters. The lowest BCUT2D eigenvalue weighted by Gasteiger charge is -2.14. The maximum atomic E-state index is 6.14. The van der Waals surface area contributed by atoms with Gasteiger partial charge in [-0.25, -0.2) is 4.98 Å². The Kier molecular flexibility index (Phi) is 6.98. The summed E-state index contributed by atoms with van der Waals surface area (Å²) < 4.78 is 20.0. The van der Waals surface area contributed by atoms with Crippen LogP contribution in [0.3, 0.4) is 0 Å². The van der Waals surface area contributed by atoms with Gasteiger partial charge in [-0.1, -0.05) is 42.5 Å². The molecule has 0 aliphatic carbocycles. The molecule has 5 nitrogen and oxygen atoms in total. The Morgan fingerprint density at radius 1 is 0.909 bits per heavy atom. The summed E-state index contributed by atoms with van der Waals surface area (Å²) >= 11 is 0. The van der Waals surface area contributed by atoms with Gasteiger partial charge in [0.05, 0.1) is 24.7 Å². The molecule has 1 heterocycles. The first-order chi connectivity index (χ1) is 16.1. The van der Waals surface area contributed by atoms with E-state index in [0.29, 0.717) is 31.3 Å². The molecule has 0 spiro atoms. The minimum absolute atomic E-state index is 0.331. The summed E-state index contributed by atoms with van der Waals surface area (Å²) in [6.45, 7) is 7.67. The van der Waals surface area contributed by atoms with Gasteiger partial charge in [-0.2, -0.15) is 0 Å². The molecule has 0 saturated carbocycles. The first kappa shape index (κ1) is 22.5. The zero-order valence-corrected chi connectivity index (χ0v) is 19.7. The molecule has 4 rings (SSSR count). The molecule has 4 aromatic rings. The van der Waals surface area contributed by atoms with Crippen molar-refractivity contribution in [1.29, 1.82) is 0 Å². The molecule has 33 heavy (non-hydrogen) atoms. The Hall–Kier alpha value is -3.73. The van der Waals surface area contributed by atoms with Crippen LogP contribution >= 0.6 is 0 Å². The summed E-state index contributed by atoms with van der Waals surface area (Å²) in [6.07, 6.45) is 4.03. The molecule has 0 bridgehead atoms. The second kappa shape index (κ2) is 10.3. The van der Waals surface area contributed by atoms with Gasteiger partial charge in [0.25, 0.3) is 0 Å². The van der Waals surface area contributed by atoms with Gasteiger partial charge in [-0.05, 0) is 67.8 Å². The van der Waals surface area contributed by atoms with Crippen molar-refractivity contribution in [2.45, 2.75) is 33.9 Å². The standard InChI is InChI=1S/C28H30N2O3/c1-5-8-22-13-14-25(27(18-22)31-4)33-19-28-29-23-9-6-7-10-24(23)30(28)15-16-32-26-17-20(2)11-12-21(26)3/h5-14,17-18H,15-16,19H2,1-4H3/b8-5-. The van der Waals surface area contributed by atoms with Crippen LogP contribution in [-0.2, 0) is 13.2 Å². The van der Waals surface area contributed by atoms with E-state index in [2.05, 4.69) is 42.7 Å². The van der Waals surface area contributed by atoms with E-state index in [1.54, 1.807) is 7.11 Å². The summed E-state index contributed by atoms with van der Waals surface area (Å²) in [4.78, 5) is 4.82. The zero-order valence-electron chi connectivity index (χ0n) is 19.7. The number of benzene rings is 3. The lowest BCUT2D eigenvalue weighted by Crippen LogP contribution is -2.13. The van der Waals surface area contributed by atoms with Crippen LogP contribution in [0, 0.1) is 13.8 Å². The fourth-order valence-corrected chi connectivity index (χ4v) is 3.84. The number of fused-ring (bicyclic) bond motifs is 1. The molecule has 0 amide bonds. The number of aromatic nitrogens is 2. The van der Waals surface area contributed by atoms with Gasteiger partial charge < -0.3 is 18.8 Å². The molecule has 0 N–H and O–H groups in total. The number of hydrogen-bond acceptors (Lipinski definition) is 4. The van der Waals surface area contributed by atoms with E-state index in [0.717, 1.165) is 33.7 Å². The first-order valence-electron chi connectivity index (χ1n) is 11.2. The fraction of sp³-hybridized carbons (Fsp3) is 0.250. The van der Waals surface area contributed by atoms with Crippen molar-refractivity contribution >= 4 is 17.1 Å². The third-order valence-electron chi connectivity index (χ3n) is 5.55. The number of hydrogen-bond donors (Lipinski definition) is 0. The van der Waals surface area contributed by atoms with Crippen LogP contribution < -0.4 is 14.2 Å². The third-order valence-corrected chi connectivity index (χ3v) is 5.55. The van der Waals surface area contributed by atoms with E-state index in [1.807, 2.05) is 55.5 Å². The number of nitrogens with zero attached hydrogens (tertiary/aromatic N) is 2. The maximum Gasteiger partial charge on any atom is 0.161 e. The monoisotopic (exact) mass is 442 g/mol. The second-order valence-corrected chi connectivity index (χ2v) is 7.98. The van der Waals surface area contributed by atoms with Crippen LogP contribution in [0.4, 0.5) is 0 Å². The summed E-state index contributed by atoms with van der Waals surface area (Å²) in [5, 5.41) is 0. The Bertz CT molecular complexity index is 1270. The summed E-state index contributed by atoms with van der Waals surface area (Å²) in [6, 6.07) is 20.3. The largest absolute Gasteiger partial charge is 0.493 e. The SMILES string of the molecule is C/C=C\c1ccc(OCc2nc3ccccc3n2CCOc2cc(C)ccc2C)c(OC)c1. The molecule has 0 aliphatic rings. The van der Waals surface area contributed by atoms with Crippen molar-refractivity contribution in [3.63, 3.8) is 0 Å². The van der Waals surface area contributed by atoms with E-state index in [1.165, 1.54) is 5.56 Å². The predicted octanol–water partition coefficient (Wildman–Crippen LogP) is 6.35. The number of rotatable bonds is 9. The molecular weight excluding hydrogens is 412 g/mol. The average Bonchev–Trinajstić information content (AvgIpc) is 3.18. The van der Waals surface area contributed by atoms with Crippen LogP contribution in [0.2, 0.25) is 0 Å². The summed E-state index contributed by atoms with van der Waals surface area (Å²) in [7, 11) is 1.65. The van der Waals surface area contributed by atoms with Gasteiger partial charge in [0, 0.05) is 0 Å². The predicted molar refractivity (Wildman–Crippen MR) is 133 cm³/mol. The summed E-state index contributed by atoms with van der Waals surface area (Å²) in [5.74, 6) is 3.16. The Morgan fingerprint density at radius 3 is 2.58 bits per heavy atom. The number of aryl methyl sites for hydroxylation is 2. The molecule has 0 fully saturated rings. The molecule has 0 saturated heterocycles. The van der Waals surface area contributed by atoms with Gasteiger partial charge in [0.1, 0.15) is 24.8 Å². The lowest BCUT2D eigenvalue weighted by molar-refractivity contribution is 0.261. The molecule has 0 unspecified atom stereocenters. The first-order valence-corrected chi connectivity index (χ1v) is 11.2. The average molecular weight is 443 g/mol. The van der Waals surface area contributed by atoms with Crippen molar-refractivity contribution in [3.8, 4) is 17.2 Å². The van der Waals surface area contributed by atoms with E-state index in [-0.39, 0.29) is 0 Å². The summed E-state index contributed by atoms with van der Waals surface area (Å²) in [5.41, 5.74) is 5.40. The highest BCUT2D eigenvalue weighted by Gasteiger charge is 2.13. The molecule has 5 heteroatoms. The maximum absolute atomic E-state index is 6.14. The van der Waals surface area contributed by atoms with Crippen molar-refractivity contribution in [3.05, 3.63) is 89.3 Å². The van der Waals surface area contributed by atoms with Crippen molar-refractivity contribution < 1.29 is 14.2 Å². The number of allylic oxidation sites excluding steroid dienone is 1. The highest BCUT2D eigenvalue weighted by atomic mass is 16.5. The topological polar surface area (TPSA) is 45.5 Å². The minimum atomic E-state index is 0.331.